The van der Waals surface area contributed by atoms with Gasteiger partial charge in [0.05, 0.1) is 0 Å². The van der Waals surface area contributed by atoms with Gasteiger partial charge in [-0.2, -0.15) is 0 Å². The summed E-state index contributed by atoms with van der Waals surface area (Å²) in [6, 6.07) is 2.46. The van der Waals surface area contributed by atoms with E-state index in [-0.39, 0.29) is 0 Å². The van der Waals surface area contributed by atoms with Crippen LogP contribution in [-0.4, -0.2) is 6.04 Å². The molecule has 1 aromatic rings. The van der Waals surface area contributed by atoms with Crippen LogP contribution in [0.15, 0.2) is 15.9 Å². The molecule has 3 heteroatoms. The smallest absolute Gasteiger partial charge is 0.0314 e. The summed E-state index contributed by atoms with van der Waals surface area (Å²) in [4.78, 5) is 1.41. The molecule has 1 atom stereocenters. The lowest BCUT2D eigenvalue weighted by molar-refractivity contribution is 0.317. The molecule has 1 aliphatic carbocycles. The molecule has 1 saturated carbocycles. The molecule has 1 heterocycles. The van der Waals surface area contributed by atoms with Crippen LogP contribution in [0, 0.1) is 5.92 Å². The van der Waals surface area contributed by atoms with Crippen molar-refractivity contribution >= 4 is 27.3 Å². The predicted molar refractivity (Wildman–Crippen MR) is 74.9 cm³/mol. The predicted octanol–water partition coefficient (Wildman–Crippen LogP) is 4.35. The molecule has 90 valence electrons. The van der Waals surface area contributed by atoms with Crippen LogP contribution >= 0.6 is 27.3 Å². The van der Waals surface area contributed by atoms with E-state index < -0.39 is 0 Å². The van der Waals surface area contributed by atoms with Crippen molar-refractivity contribution in [3.63, 3.8) is 0 Å². The fourth-order valence-corrected chi connectivity index (χ4v) is 4.25. The van der Waals surface area contributed by atoms with E-state index in [0.717, 1.165) is 12.3 Å². The zero-order valence-electron chi connectivity index (χ0n) is 9.62. The molecule has 1 fully saturated rings. The van der Waals surface area contributed by atoms with Crippen molar-refractivity contribution in [2.75, 3.05) is 0 Å². The minimum Gasteiger partial charge on any atom is -0.327 e. The first-order valence-corrected chi connectivity index (χ1v) is 7.90. The van der Waals surface area contributed by atoms with Crippen LogP contribution in [0.3, 0.4) is 0 Å². The number of rotatable bonds is 4. The molecule has 1 nitrogen and oxygen atoms in total. The lowest BCUT2D eigenvalue weighted by Crippen LogP contribution is -2.26. The number of halogens is 1. The first-order chi connectivity index (χ1) is 7.75. The molecule has 2 N–H and O–H groups in total. The van der Waals surface area contributed by atoms with Crippen molar-refractivity contribution in [2.45, 2.75) is 51.0 Å². The Kier molecular flexibility index (Phi) is 4.86. The van der Waals surface area contributed by atoms with E-state index in [1.807, 2.05) is 11.3 Å². The fraction of sp³-hybridized carbons (Fsp3) is 0.692. The largest absolute Gasteiger partial charge is 0.327 e. The van der Waals surface area contributed by atoms with Crippen LogP contribution in [0.4, 0.5) is 0 Å². The Labute approximate surface area is 111 Å². The lowest BCUT2D eigenvalue weighted by atomic mass is 9.84. The Balaban J connectivity index is 1.79. The third kappa shape index (κ3) is 3.57. The monoisotopic (exact) mass is 301 g/mol. The summed E-state index contributed by atoms with van der Waals surface area (Å²) in [6.45, 7) is 0. The van der Waals surface area contributed by atoms with Crippen LogP contribution in [0.1, 0.15) is 43.4 Å². The zero-order valence-corrected chi connectivity index (χ0v) is 12.0. The van der Waals surface area contributed by atoms with Gasteiger partial charge >= 0.3 is 0 Å². The van der Waals surface area contributed by atoms with Gasteiger partial charge in [-0.15, -0.1) is 11.3 Å². The van der Waals surface area contributed by atoms with Gasteiger partial charge in [-0.25, -0.2) is 0 Å². The highest BCUT2D eigenvalue weighted by molar-refractivity contribution is 9.10. The van der Waals surface area contributed by atoms with Crippen LogP contribution < -0.4 is 5.73 Å². The van der Waals surface area contributed by atoms with Gasteiger partial charge in [0.15, 0.2) is 0 Å². The van der Waals surface area contributed by atoms with Gasteiger partial charge in [0.1, 0.15) is 0 Å². The Morgan fingerprint density at radius 2 is 2.12 bits per heavy atom. The highest BCUT2D eigenvalue weighted by atomic mass is 79.9. The topological polar surface area (TPSA) is 26.0 Å². The second kappa shape index (κ2) is 6.18. The Morgan fingerprint density at radius 3 is 2.75 bits per heavy atom. The molecule has 0 bridgehead atoms. The molecule has 0 aliphatic heterocycles. The minimum absolute atomic E-state index is 0.345. The average molecular weight is 302 g/mol. The number of hydrogen-bond acceptors (Lipinski definition) is 2. The van der Waals surface area contributed by atoms with Gasteiger partial charge in [-0.05, 0) is 46.1 Å². The molecule has 0 spiro atoms. The second-order valence-electron chi connectivity index (χ2n) is 4.90. The van der Waals surface area contributed by atoms with Crippen LogP contribution in [0.5, 0.6) is 0 Å². The van der Waals surface area contributed by atoms with E-state index in [4.69, 9.17) is 5.73 Å². The summed E-state index contributed by atoms with van der Waals surface area (Å²) in [5, 5.41) is 2.13. The summed E-state index contributed by atoms with van der Waals surface area (Å²) < 4.78 is 1.23. The average Bonchev–Trinajstić information content (AvgIpc) is 2.66. The van der Waals surface area contributed by atoms with Crippen molar-refractivity contribution in [3.05, 3.63) is 20.8 Å². The molecule has 0 aromatic carbocycles. The van der Waals surface area contributed by atoms with E-state index in [0.29, 0.717) is 6.04 Å². The molecule has 16 heavy (non-hydrogen) atoms. The quantitative estimate of drug-likeness (QED) is 0.879. The molecule has 1 unspecified atom stereocenters. The maximum Gasteiger partial charge on any atom is 0.0314 e. The highest BCUT2D eigenvalue weighted by Crippen LogP contribution is 2.29. The van der Waals surface area contributed by atoms with Crippen LogP contribution in [0.2, 0.25) is 0 Å². The molecule has 0 amide bonds. The van der Waals surface area contributed by atoms with Crippen molar-refractivity contribution in [2.24, 2.45) is 11.7 Å². The van der Waals surface area contributed by atoms with E-state index >= 15 is 0 Å². The fourth-order valence-electron chi connectivity index (χ4n) is 2.64. The van der Waals surface area contributed by atoms with Crippen molar-refractivity contribution < 1.29 is 0 Å². The van der Waals surface area contributed by atoms with Gasteiger partial charge in [-0.3, -0.25) is 0 Å². The van der Waals surface area contributed by atoms with E-state index in [1.54, 1.807) is 0 Å². The first kappa shape index (κ1) is 12.6. The SMILES string of the molecule is NC(Cc1sccc1Br)CC1CCCCC1. The van der Waals surface area contributed by atoms with Crippen molar-refractivity contribution in [1.29, 1.82) is 0 Å². The number of hydrogen-bond donors (Lipinski definition) is 1. The normalized spacial score (nSPS) is 19.9. The molecular formula is C13H20BrNS. The maximum absolute atomic E-state index is 6.25. The summed E-state index contributed by atoms with van der Waals surface area (Å²) in [7, 11) is 0. The third-order valence-electron chi connectivity index (χ3n) is 3.50. The first-order valence-electron chi connectivity index (χ1n) is 6.23. The van der Waals surface area contributed by atoms with E-state index in [2.05, 4.69) is 27.4 Å². The Hall–Kier alpha value is 0.140. The van der Waals surface area contributed by atoms with Gasteiger partial charge in [0.25, 0.3) is 0 Å². The zero-order chi connectivity index (χ0) is 11.4. The molecule has 0 saturated heterocycles. The van der Waals surface area contributed by atoms with E-state index in [1.165, 1.54) is 47.9 Å². The van der Waals surface area contributed by atoms with Crippen LogP contribution in [0.25, 0.3) is 0 Å². The summed E-state index contributed by atoms with van der Waals surface area (Å²) in [5.41, 5.74) is 6.25. The molecule has 1 aliphatic rings. The van der Waals surface area contributed by atoms with Gasteiger partial charge in [-0.1, -0.05) is 32.1 Å². The molecule has 1 aromatic heterocycles. The maximum atomic E-state index is 6.25. The van der Waals surface area contributed by atoms with Gasteiger partial charge in [0, 0.05) is 15.4 Å². The Bertz CT molecular complexity index is 317. The molecular weight excluding hydrogens is 282 g/mol. The molecule has 0 radical (unpaired) electrons. The number of nitrogens with two attached hydrogens (primary N) is 1. The summed E-state index contributed by atoms with van der Waals surface area (Å²) in [5.74, 6) is 0.891. The summed E-state index contributed by atoms with van der Waals surface area (Å²) in [6.07, 6.45) is 9.32. The van der Waals surface area contributed by atoms with Crippen LogP contribution in [-0.2, 0) is 6.42 Å². The van der Waals surface area contributed by atoms with Crippen molar-refractivity contribution in [1.82, 2.24) is 0 Å². The standard InChI is InChI=1S/C13H20BrNS/c14-12-6-7-16-13(12)9-11(15)8-10-4-2-1-3-5-10/h6-7,10-11H,1-5,8-9,15H2. The second-order valence-corrected chi connectivity index (χ2v) is 6.75. The lowest BCUT2D eigenvalue weighted by Gasteiger charge is -2.24. The Morgan fingerprint density at radius 1 is 1.38 bits per heavy atom. The number of thiophene rings is 1. The van der Waals surface area contributed by atoms with Gasteiger partial charge in [0.2, 0.25) is 0 Å². The van der Waals surface area contributed by atoms with Crippen molar-refractivity contribution in [3.8, 4) is 0 Å². The molecule has 2 rings (SSSR count). The van der Waals surface area contributed by atoms with Gasteiger partial charge < -0.3 is 5.73 Å². The summed E-state index contributed by atoms with van der Waals surface area (Å²) >= 11 is 5.39. The van der Waals surface area contributed by atoms with E-state index in [9.17, 15) is 0 Å². The third-order valence-corrected chi connectivity index (χ3v) is 5.45. The highest BCUT2D eigenvalue weighted by Gasteiger charge is 2.17. The minimum atomic E-state index is 0.345.